The Morgan fingerprint density at radius 1 is 0.361 bits per heavy atom. The van der Waals surface area contributed by atoms with Gasteiger partial charge in [0.05, 0.1) is 22.1 Å². The molecule has 14 rings (SSSR count). The standard InChI is InChI=1S/C58H36N2O/c1-58(2)51-20-9-7-15-41(51)48-31-50-42-16-8-10-21-53(42)59(55(50)32-52(48)58)35-24-26-40-37-13-4-3-12-36(37)39-25-22-33(28-46(39)47(40)30-35)34-23-27-54-49(29-34)44-19-11-18-43-38-14-5-6-17-45(38)57(61)60(54)56(43)44/h3-32H,1-2H3. The second-order valence-corrected chi connectivity index (χ2v) is 17.6. The second kappa shape index (κ2) is 11.5. The van der Waals surface area contributed by atoms with E-state index in [9.17, 15) is 4.79 Å². The number of benzene rings is 10. The predicted molar refractivity (Wildman–Crippen MR) is 257 cm³/mol. The van der Waals surface area contributed by atoms with Gasteiger partial charge in [-0.3, -0.25) is 9.20 Å². The lowest BCUT2D eigenvalue weighted by Crippen LogP contribution is -2.14. The van der Waals surface area contributed by atoms with Crippen molar-refractivity contribution < 1.29 is 0 Å². The molecule has 0 saturated carbocycles. The van der Waals surface area contributed by atoms with Crippen LogP contribution in [-0.2, 0) is 5.41 Å². The summed E-state index contributed by atoms with van der Waals surface area (Å²) in [7, 11) is 0. The summed E-state index contributed by atoms with van der Waals surface area (Å²) in [6.07, 6.45) is 0. The summed E-state index contributed by atoms with van der Waals surface area (Å²) in [5.41, 5.74) is 13.2. The highest BCUT2D eigenvalue weighted by molar-refractivity contribution is 6.27. The van der Waals surface area contributed by atoms with Crippen molar-refractivity contribution in [2.24, 2.45) is 0 Å². The molecule has 0 fully saturated rings. The van der Waals surface area contributed by atoms with Crippen LogP contribution in [0.2, 0.25) is 0 Å². The Kier molecular flexibility index (Phi) is 6.24. The molecule has 10 aromatic carbocycles. The van der Waals surface area contributed by atoms with Crippen molar-refractivity contribution in [1.82, 2.24) is 8.97 Å². The summed E-state index contributed by atoms with van der Waals surface area (Å²) >= 11 is 0. The molecule has 0 amide bonds. The third-order valence-corrected chi connectivity index (χ3v) is 14.2. The zero-order valence-corrected chi connectivity index (χ0v) is 33.6. The molecule has 3 heteroatoms. The normalized spacial score (nSPS) is 13.6. The Morgan fingerprint density at radius 3 is 1.70 bits per heavy atom. The number of rotatable bonds is 2. The first-order chi connectivity index (χ1) is 29.9. The smallest absolute Gasteiger partial charge is 0.263 e. The zero-order valence-electron chi connectivity index (χ0n) is 33.6. The van der Waals surface area contributed by atoms with Crippen LogP contribution in [0.25, 0.3) is 120 Å². The van der Waals surface area contributed by atoms with Crippen LogP contribution in [-0.4, -0.2) is 8.97 Å². The van der Waals surface area contributed by atoms with E-state index in [2.05, 4.69) is 182 Å². The van der Waals surface area contributed by atoms with Crippen LogP contribution in [0, 0.1) is 0 Å². The molecule has 1 aliphatic carbocycles. The lowest BCUT2D eigenvalue weighted by molar-refractivity contribution is 0.661. The van der Waals surface area contributed by atoms with Gasteiger partial charge in [0.15, 0.2) is 0 Å². The number of nitrogens with zero attached hydrogens (tertiary/aromatic N) is 2. The Hall–Kier alpha value is -7.75. The van der Waals surface area contributed by atoms with E-state index >= 15 is 0 Å². The zero-order chi connectivity index (χ0) is 40.3. The van der Waals surface area contributed by atoms with Gasteiger partial charge in [0.2, 0.25) is 0 Å². The van der Waals surface area contributed by atoms with Crippen molar-refractivity contribution >= 4 is 92.1 Å². The molecule has 3 nitrogen and oxygen atoms in total. The Balaban J connectivity index is 1.02. The average molecular weight is 777 g/mol. The largest absolute Gasteiger partial charge is 0.309 e. The van der Waals surface area contributed by atoms with Gasteiger partial charge in [0.25, 0.3) is 5.56 Å². The minimum Gasteiger partial charge on any atom is -0.309 e. The van der Waals surface area contributed by atoms with Crippen LogP contribution in [0.1, 0.15) is 25.0 Å². The van der Waals surface area contributed by atoms with Gasteiger partial charge in [-0.25, -0.2) is 0 Å². The molecule has 0 N–H and O–H groups in total. The molecule has 3 aromatic heterocycles. The van der Waals surface area contributed by atoms with Crippen molar-refractivity contribution in [2.75, 3.05) is 0 Å². The fraction of sp³-hybridized carbons (Fsp3) is 0.0517. The maximum atomic E-state index is 14.0. The molecule has 284 valence electrons. The van der Waals surface area contributed by atoms with E-state index in [1.165, 1.54) is 76.4 Å². The molecule has 3 heterocycles. The van der Waals surface area contributed by atoms with Gasteiger partial charge >= 0.3 is 0 Å². The summed E-state index contributed by atoms with van der Waals surface area (Å²) in [4.78, 5) is 14.0. The topological polar surface area (TPSA) is 26.4 Å². The molecule has 13 aromatic rings. The van der Waals surface area contributed by atoms with Gasteiger partial charge in [0.1, 0.15) is 0 Å². The van der Waals surface area contributed by atoms with Gasteiger partial charge in [-0.15, -0.1) is 0 Å². The number of para-hydroxylation sites is 2. The van der Waals surface area contributed by atoms with Crippen LogP contribution in [0.3, 0.4) is 0 Å². The van der Waals surface area contributed by atoms with Crippen LogP contribution in [0.4, 0.5) is 0 Å². The van der Waals surface area contributed by atoms with Crippen molar-refractivity contribution in [1.29, 1.82) is 0 Å². The summed E-state index contributed by atoms with van der Waals surface area (Å²) in [5.74, 6) is 0. The van der Waals surface area contributed by atoms with E-state index in [-0.39, 0.29) is 11.0 Å². The van der Waals surface area contributed by atoms with E-state index in [1.54, 1.807) is 0 Å². The monoisotopic (exact) mass is 776 g/mol. The predicted octanol–water partition coefficient (Wildman–Crippen LogP) is 14.7. The fourth-order valence-electron chi connectivity index (χ4n) is 11.4. The van der Waals surface area contributed by atoms with Crippen LogP contribution >= 0.6 is 0 Å². The molecule has 0 aliphatic heterocycles. The molecule has 0 unspecified atom stereocenters. The minimum atomic E-state index is -0.104. The number of aromatic nitrogens is 2. The van der Waals surface area contributed by atoms with Crippen molar-refractivity contribution in [3.8, 4) is 27.9 Å². The van der Waals surface area contributed by atoms with Gasteiger partial charge in [0, 0.05) is 43.4 Å². The Morgan fingerprint density at radius 2 is 0.918 bits per heavy atom. The first-order valence-corrected chi connectivity index (χ1v) is 21.2. The van der Waals surface area contributed by atoms with E-state index in [0.717, 1.165) is 54.8 Å². The Bertz CT molecular complexity index is 4160. The Labute approximate surface area is 350 Å². The summed E-state index contributed by atoms with van der Waals surface area (Å²) in [6, 6.07) is 66.6. The van der Waals surface area contributed by atoms with E-state index in [1.807, 2.05) is 22.6 Å². The van der Waals surface area contributed by atoms with E-state index in [0.29, 0.717) is 0 Å². The molecule has 0 saturated heterocycles. The van der Waals surface area contributed by atoms with E-state index < -0.39 is 0 Å². The van der Waals surface area contributed by atoms with Crippen molar-refractivity contribution in [2.45, 2.75) is 19.3 Å². The number of hydrogen-bond acceptors (Lipinski definition) is 1. The highest BCUT2D eigenvalue weighted by atomic mass is 16.1. The third-order valence-electron chi connectivity index (χ3n) is 14.2. The molecule has 0 atom stereocenters. The van der Waals surface area contributed by atoms with Crippen LogP contribution in [0.15, 0.2) is 187 Å². The molecule has 1 aliphatic rings. The van der Waals surface area contributed by atoms with Gasteiger partial charge < -0.3 is 4.57 Å². The highest BCUT2D eigenvalue weighted by Crippen LogP contribution is 2.51. The van der Waals surface area contributed by atoms with Gasteiger partial charge in [-0.2, -0.15) is 0 Å². The fourth-order valence-corrected chi connectivity index (χ4v) is 11.4. The number of fused-ring (bicyclic) bond motifs is 17. The molecular formula is C58H36N2O. The van der Waals surface area contributed by atoms with Crippen LogP contribution in [0.5, 0.6) is 0 Å². The third kappa shape index (κ3) is 4.20. The summed E-state index contributed by atoms with van der Waals surface area (Å²) < 4.78 is 4.41. The molecule has 61 heavy (non-hydrogen) atoms. The number of hydrogen-bond donors (Lipinski definition) is 0. The molecular weight excluding hydrogens is 741 g/mol. The lowest BCUT2D eigenvalue weighted by Gasteiger charge is -2.21. The summed E-state index contributed by atoms with van der Waals surface area (Å²) in [6.45, 7) is 4.73. The van der Waals surface area contributed by atoms with Gasteiger partial charge in [-0.1, -0.05) is 141 Å². The molecule has 0 radical (unpaired) electrons. The van der Waals surface area contributed by atoms with Crippen molar-refractivity contribution in [3.63, 3.8) is 0 Å². The molecule has 0 spiro atoms. The molecule has 0 bridgehead atoms. The number of pyridine rings is 1. The quantitative estimate of drug-likeness (QED) is 0.161. The SMILES string of the molecule is CC1(C)c2ccccc2-c2cc3c4ccccc4n(-c4ccc5c6ccccc6c6ccc(-c7ccc8c(c7)c7cccc9c%10ccccc%10c(=O)n8c97)cc6c5c4)c3cc21. The average Bonchev–Trinajstić information content (AvgIpc) is 3.90. The second-order valence-electron chi connectivity index (χ2n) is 17.6. The first-order valence-electron chi connectivity index (χ1n) is 21.2. The minimum absolute atomic E-state index is 0.0309. The lowest BCUT2D eigenvalue weighted by atomic mass is 9.82. The van der Waals surface area contributed by atoms with Crippen LogP contribution < -0.4 is 5.56 Å². The summed E-state index contributed by atoms with van der Waals surface area (Å²) in [5, 5.41) is 15.0. The van der Waals surface area contributed by atoms with Gasteiger partial charge in [-0.05, 0) is 126 Å². The maximum Gasteiger partial charge on any atom is 0.263 e. The first kappa shape index (κ1) is 33.1. The highest BCUT2D eigenvalue weighted by Gasteiger charge is 2.36. The maximum absolute atomic E-state index is 14.0. The van der Waals surface area contributed by atoms with E-state index in [4.69, 9.17) is 0 Å². The van der Waals surface area contributed by atoms with Crippen molar-refractivity contribution in [3.05, 3.63) is 203 Å².